The van der Waals surface area contributed by atoms with Crippen molar-refractivity contribution in [2.45, 2.75) is 13.3 Å². The Hall–Kier alpha value is -4.39. The summed E-state index contributed by atoms with van der Waals surface area (Å²) in [5.74, 6) is -1.07. The minimum absolute atomic E-state index is 0.0504. The van der Waals surface area contributed by atoms with Gasteiger partial charge in [0.05, 0.1) is 46.6 Å². The number of pyridine rings is 1. The summed E-state index contributed by atoms with van der Waals surface area (Å²) in [6.45, 7) is 2.01. The van der Waals surface area contributed by atoms with Crippen LogP contribution in [-0.4, -0.2) is 32.1 Å². The number of aryl methyl sites for hydroxylation is 1. The molecule has 0 fully saturated rings. The van der Waals surface area contributed by atoms with Gasteiger partial charge in [0.1, 0.15) is 5.75 Å². The molecule has 2 aromatic heterocycles. The Balaban J connectivity index is 2.01. The van der Waals surface area contributed by atoms with Crippen LogP contribution in [0.15, 0.2) is 60.9 Å². The first-order valence-corrected chi connectivity index (χ1v) is 10.0. The number of fused-ring (bicyclic) bond motifs is 4. The predicted octanol–water partition coefficient (Wildman–Crippen LogP) is 4.54. The van der Waals surface area contributed by atoms with Crippen LogP contribution in [0.5, 0.6) is 5.75 Å². The maximum Gasteiger partial charge on any atom is 0.307 e. The Morgan fingerprint density at radius 3 is 2.66 bits per heavy atom. The van der Waals surface area contributed by atoms with Crippen LogP contribution >= 0.6 is 0 Å². The third-order valence-electron chi connectivity index (χ3n) is 5.78. The van der Waals surface area contributed by atoms with Gasteiger partial charge in [0.25, 0.3) is 0 Å². The first-order valence-electron chi connectivity index (χ1n) is 10.0. The number of aliphatic carboxylic acids is 1. The number of aromatic nitrogens is 2. The standard InChI is InChI=1S/C25H19N3O4/c1-14-6-7-15-4-2-3-5-17(15)25(14)28-18-9-8-16(10-21(31)32)24(27-13-29)23(18)22-19(28)11-26-12-20(22)30/h2-9,11-13,30H,10H2,1H3,(H,27,29)(H,31,32). The average molecular weight is 425 g/mol. The number of carboxylic acid groups (broad SMARTS) is 1. The van der Waals surface area contributed by atoms with Crippen LogP contribution in [0.1, 0.15) is 11.1 Å². The molecule has 3 aromatic carbocycles. The van der Waals surface area contributed by atoms with Crippen LogP contribution in [-0.2, 0) is 16.0 Å². The normalized spacial score (nSPS) is 11.3. The lowest BCUT2D eigenvalue weighted by molar-refractivity contribution is -0.136. The number of carbonyl (C=O) groups is 2. The highest BCUT2D eigenvalue weighted by atomic mass is 16.4. The van der Waals surface area contributed by atoms with Gasteiger partial charge in [-0.3, -0.25) is 14.6 Å². The smallest absolute Gasteiger partial charge is 0.307 e. The monoisotopic (exact) mass is 425 g/mol. The lowest BCUT2D eigenvalue weighted by Crippen LogP contribution is -2.06. The second-order valence-corrected chi connectivity index (χ2v) is 7.67. The summed E-state index contributed by atoms with van der Waals surface area (Å²) in [4.78, 5) is 27.1. The van der Waals surface area contributed by atoms with Crippen molar-refractivity contribution in [1.29, 1.82) is 0 Å². The molecule has 0 spiro atoms. The molecule has 5 rings (SSSR count). The third-order valence-corrected chi connectivity index (χ3v) is 5.78. The van der Waals surface area contributed by atoms with Crippen molar-refractivity contribution in [3.05, 3.63) is 72.1 Å². The first-order chi connectivity index (χ1) is 15.5. The largest absolute Gasteiger partial charge is 0.506 e. The second-order valence-electron chi connectivity index (χ2n) is 7.67. The van der Waals surface area contributed by atoms with Crippen LogP contribution in [0.3, 0.4) is 0 Å². The number of carbonyl (C=O) groups excluding carboxylic acids is 1. The molecule has 158 valence electrons. The van der Waals surface area contributed by atoms with E-state index >= 15 is 0 Å². The van der Waals surface area contributed by atoms with E-state index in [9.17, 15) is 19.8 Å². The Morgan fingerprint density at radius 2 is 1.88 bits per heavy atom. The van der Waals surface area contributed by atoms with Crippen molar-refractivity contribution in [1.82, 2.24) is 9.55 Å². The number of benzene rings is 3. The zero-order valence-electron chi connectivity index (χ0n) is 17.2. The number of rotatable bonds is 5. The molecular weight excluding hydrogens is 406 g/mol. The molecule has 0 saturated carbocycles. The molecule has 2 heterocycles. The Kier molecular flexibility index (Phi) is 4.52. The molecule has 0 saturated heterocycles. The molecule has 0 aliphatic rings. The number of nitrogens with one attached hydrogen (secondary N) is 1. The average Bonchev–Trinajstić information content (AvgIpc) is 3.10. The van der Waals surface area contributed by atoms with E-state index in [4.69, 9.17) is 0 Å². The highest BCUT2D eigenvalue weighted by molar-refractivity contribution is 6.19. The van der Waals surface area contributed by atoms with Gasteiger partial charge in [-0.2, -0.15) is 0 Å². The van der Waals surface area contributed by atoms with E-state index in [1.54, 1.807) is 12.3 Å². The number of aromatic hydroxyl groups is 1. The van der Waals surface area contributed by atoms with Crippen LogP contribution in [0.25, 0.3) is 38.3 Å². The summed E-state index contributed by atoms with van der Waals surface area (Å²) in [6.07, 6.45) is 3.26. The number of hydrogen-bond acceptors (Lipinski definition) is 4. The van der Waals surface area contributed by atoms with E-state index in [1.807, 2.05) is 47.9 Å². The molecule has 7 nitrogen and oxygen atoms in total. The molecule has 0 atom stereocenters. The Morgan fingerprint density at radius 1 is 1.06 bits per heavy atom. The molecule has 0 aliphatic heterocycles. The summed E-state index contributed by atoms with van der Waals surface area (Å²) in [5, 5.41) is 25.9. The van der Waals surface area contributed by atoms with Crippen LogP contribution in [0.4, 0.5) is 5.69 Å². The van der Waals surface area contributed by atoms with Crippen molar-refractivity contribution in [3.63, 3.8) is 0 Å². The first kappa shape index (κ1) is 19.6. The molecule has 0 unspecified atom stereocenters. The predicted molar refractivity (Wildman–Crippen MR) is 124 cm³/mol. The quantitative estimate of drug-likeness (QED) is 0.359. The van der Waals surface area contributed by atoms with Gasteiger partial charge in [0.15, 0.2) is 0 Å². The van der Waals surface area contributed by atoms with Crippen molar-refractivity contribution < 1.29 is 19.8 Å². The third kappa shape index (κ3) is 2.86. The minimum Gasteiger partial charge on any atom is -0.506 e. The fourth-order valence-electron chi connectivity index (χ4n) is 4.50. The second kappa shape index (κ2) is 7.39. The van der Waals surface area contributed by atoms with Gasteiger partial charge in [-0.15, -0.1) is 0 Å². The van der Waals surface area contributed by atoms with E-state index in [-0.39, 0.29) is 12.2 Å². The number of hydrogen-bond donors (Lipinski definition) is 3. The maximum absolute atomic E-state index is 11.4. The van der Waals surface area contributed by atoms with E-state index in [0.29, 0.717) is 34.0 Å². The summed E-state index contributed by atoms with van der Waals surface area (Å²) in [7, 11) is 0. The SMILES string of the molecule is Cc1ccc2ccccc2c1-n1c2cncc(O)c2c2c(NC=O)c(CC(=O)O)ccc21. The molecule has 7 heteroatoms. The molecule has 0 radical (unpaired) electrons. The van der Waals surface area contributed by atoms with Gasteiger partial charge >= 0.3 is 5.97 Å². The molecule has 3 N–H and O–H groups in total. The van der Waals surface area contributed by atoms with Crippen molar-refractivity contribution in [3.8, 4) is 11.4 Å². The van der Waals surface area contributed by atoms with Crippen LogP contribution in [0.2, 0.25) is 0 Å². The minimum atomic E-state index is -1.02. The van der Waals surface area contributed by atoms with Gasteiger partial charge in [-0.1, -0.05) is 42.5 Å². The Labute approximate surface area is 182 Å². The van der Waals surface area contributed by atoms with E-state index in [1.165, 1.54) is 6.20 Å². The number of nitrogens with zero attached hydrogens (tertiary/aromatic N) is 2. The molecular formula is C25H19N3O4. The van der Waals surface area contributed by atoms with Gasteiger partial charge in [0, 0.05) is 10.8 Å². The fourth-order valence-corrected chi connectivity index (χ4v) is 4.50. The number of amides is 1. The number of anilines is 1. The van der Waals surface area contributed by atoms with Gasteiger partial charge in [-0.25, -0.2) is 0 Å². The lowest BCUT2D eigenvalue weighted by atomic mass is 10.0. The lowest BCUT2D eigenvalue weighted by Gasteiger charge is -2.15. The van der Waals surface area contributed by atoms with Crippen LogP contribution in [0, 0.1) is 6.92 Å². The summed E-state index contributed by atoms with van der Waals surface area (Å²) >= 11 is 0. The molecule has 0 bridgehead atoms. The van der Waals surface area contributed by atoms with Crippen molar-refractivity contribution >= 4 is 50.6 Å². The van der Waals surface area contributed by atoms with E-state index in [0.717, 1.165) is 27.5 Å². The van der Waals surface area contributed by atoms with Gasteiger partial charge < -0.3 is 20.1 Å². The topological polar surface area (TPSA) is 104 Å². The summed E-state index contributed by atoms with van der Waals surface area (Å²) in [5.41, 5.74) is 4.14. The van der Waals surface area contributed by atoms with E-state index in [2.05, 4.69) is 16.4 Å². The Bertz CT molecular complexity index is 1550. The molecule has 0 aliphatic carbocycles. The molecule has 5 aromatic rings. The highest BCUT2D eigenvalue weighted by Crippen LogP contribution is 2.43. The van der Waals surface area contributed by atoms with Crippen LogP contribution < -0.4 is 5.32 Å². The van der Waals surface area contributed by atoms with E-state index < -0.39 is 5.97 Å². The van der Waals surface area contributed by atoms with Crippen molar-refractivity contribution in [2.24, 2.45) is 0 Å². The zero-order chi connectivity index (χ0) is 22.4. The van der Waals surface area contributed by atoms with Gasteiger partial charge in [-0.05, 0) is 29.5 Å². The van der Waals surface area contributed by atoms with Gasteiger partial charge in [0.2, 0.25) is 6.41 Å². The van der Waals surface area contributed by atoms with Crippen molar-refractivity contribution in [2.75, 3.05) is 5.32 Å². The summed E-state index contributed by atoms with van der Waals surface area (Å²) in [6, 6.07) is 15.6. The fraction of sp³-hybridized carbons (Fsp3) is 0.0800. The maximum atomic E-state index is 11.4. The summed E-state index contributed by atoms with van der Waals surface area (Å²) < 4.78 is 2.01. The zero-order valence-corrected chi connectivity index (χ0v) is 17.2. The molecule has 1 amide bonds. The number of carboxylic acids is 1. The molecule has 32 heavy (non-hydrogen) atoms. The highest BCUT2D eigenvalue weighted by Gasteiger charge is 2.22.